The number of ether oxygens (including phenoxy) is 1. The number of imide groups is 1. The summed E-state index contributed by atoms with van der Waals surface area (Å²) in [7, 11) is -1.69. The molecule has 1 aromatic heterocycles. The minimum absolute atomic E-state index is 0.188. The van der Waals surface area contributed by atoms with Crippen LogP contribution >= 0.6 is 0 Å². The van der Waals surface area contributed by atoms with Gasteiger partial charge in [0.25, 0.3) is 0 Å². The van der Waals surface area contributed by atoms with Gasteiger partial charge in [-0.3, -0.25) is 19.5 Å². The molecule has 0 bridgehead atoms. The maximum atomic E-state index is 13.7. The van der Waals surface area contributed by atoms with Crippen molar-refractivity contribution in [1.82, 2.24) is 4.98 Å². The van der Waals surface area contributed by atoms with Crippen LogP contribution in [0.5, 0.6) is 5.75 Å². The van der Waals surface area contributed by atoms with Crippen LogP contribution in [0.3, 0.4) is 0 Å². The van der Waals surface area contributed by atoms with Crippen LogP contribution in [0.2, 0.25) is 0 Å². The normalized spacial score (nSPS) is 24.1. The van der Waals surface area contributed by atoms with E-state index in [0.717, 1.165) is 22.4 Å². The molecule has 8 nitrogen and oxygen atoms in total. The van der Waals surface area contributed by atoms with Crippen molar-refractivity contribution >= 4 is 41.7 Å². The molecule has 1 aliphatic carbocycles. The highest BCUT2D eigenvalue weighted by molar-refractivity contribution is 6.58. The summed E-state index contributed by atoms with van der Waals surface area (Å²) in [6.45, 7) is 2.39. The van der Waals surface area contributed by atoms with Gasteiger partial charge in [-0.25, -0.2) is 0 Å². The van der Waals surface area contributed by atoms with Crippen molar-refractivity contribution in [3.63, 3.8) is 0 Å². The van der Waals surface area contributed by atoms with Crippen LogP contribution in [0.15, 0.2) is 84.1 Å². The van der Waals surface area contributed by atoms with E-state index >= 15 is 0 Å². The molecule has 3 heterocycles. The molecule has 6 rings (SSSR count). The Kier molecular flexibility index (Phi) is 7.34. The number of carbonyl (C=O) groups excluding carboxylic acids is 2. The fourth-order valence-electron chi connectivity index (χ4n) is 6.62. The average molecular weight is 550 g/mol. The fraction of sp³-hybridized carbons (Fsp3) is 0.281. The third-order valence-electron chi connectivity index (χ3n) is 8.52. The summed E-state index contributed by atoms with van der Waals surface area (Å²) < 4.78 is 6.31. The first-order valence-electron chi connectivity index (χ1n) is 13.9. The molecule has 2 aliphatic heterocycles. The number of phenolic OH excluding ortho intramolecular Hbond substituents is 1. The molecule has 208 valence electrons. The van der Waals surface area contributed by atoms with Crippen LogP contribution in [-0.4, -0.2) is 51.8 Å². The second-order valence-corrected chi connectivity index (χ2v) is 11.0. The van der Waals surface area contributed by atoms with E-state index in [2.05, 4.69) is 4.98 Å². The molecule has 2 amide bonds. The van der Waals surface area contributed by atoms with Crippen LogP contribution in [0, 0.1) is 17.8 Å². The Morgan fingerprint density at radius 2 is 1.85 bits per heavy atom. The van der Waals surface area contributed by atoms with E-state index in [9.17, 15) is 24.7 Å². The van der Waals surface area contributed by atoms with Crippen LogP contribution in [0.1, 0.15) is 37.4 Å². The van der Waals surface area contributed by atoms with Gasteiger partial charge >= 0.3 is 7.12 Å². The Morgan fingerprint density at radius 3 is 2.61 bits per heavy atom. The number of hydrogen-bond acceptors (Lipinski definition) is 7. The van der Waals surface area contributed by atoms with Crippen LogP contribution < -0.4 is 10.4 Å². The number of carbonyl (C=O) groups is 2. The highest BCUT2D eigenvalue weighted by Crippen LogP contribution is 2.50. The Labute approximate surface area is 238 Å². The predicted molar refractivity (Wildman–Crippen MR) is 156 cm³/mol. The first kappa shape index (κ1) is 27.1. The molecule has 41 heavy (non-hydrogen) atoms. The maximum Gasteiger partial charge on any atom is 0.488 e. The summed E-state index contributed by atoms with van der Waals surface area (Å²) in [5.41, 5.74) is 5.27. The number of amides is 2. The summed E-state index contributed by atoms with van der Waals surface area (Å²) in [5.74, 6) is -1.49. The van der Waals surface area contributed by atoms with Gasteiger partial charge in [0.15, 0.2) is 0 Å². The molecule has 2 aromatic carbocycles. The number of anilines is 1. The molecule has 4 atom stereocenters. The van der Waals surface area contributed by atoms with Crippen molar-refractivity contribution in [2.75, 3.05) is 11.5 Å². The van der Waals surface area contributed by atoms with Gasteiger partial charge in [-0.15, -0.1) is 0 Å². The number of phenols is 1. The lowest BCUT2D eigenvalue weighted by Crippen LogP contribution is -2.35. The van der Waals surface area contributed by atoms with E-state index in [0.29, 0.717) is 37.1 Å². The third-order valence-corrected chi connectivity index (χ3v) is 8.52. The Balaban J connectivity index is 1.25. The molecule has 0 unspecified atom stereocenters. The summed E-state index contributed by atoms with van der Waals surface area (Å²) in [6, 6.07) is 19.2. The van der Waals surface area contributed by atoms with Crippen molar-refractivity contribution in [3.8, 4) is 5.75 Å². The van der Waals surface area contributed by atoms with E-state index < -0.39 is 19.0 Å². The SMILES string of the molecule is CC1=C2[C@@H](CC/C(=C/c3ccccc3O)c3ccccn3)OC[C@@H]2[C@@H]2C(=O)N(c3cccc(B(O)O)c3)C(=O)[C@@H]2C1. The smallest absolute Gasteiger partial charge is 0.488 e. The van der Waals surface area contributed by atoms with E-state index in [1.165, 1.54) is 17.0 Å². The van der Waals surface area contributed by atoms with Gasteiger partial charge in [-0.05, 0) is 79.2 Å². The number of hydrogen-bond donors (Lipinski definition) is 3. The quantitative estimate of drug-likeness (QED) is 0.235. The molecule has 3 aromatic rings. The molecule has 3 N–H and O–H groups in total. The topological polar surface area (TPSA) is 120 Å². The first-order valence-corrected chi connectivity index (χ1v) is 13.9. The monoisotopic (exact) mass is 550 g/mol. The number of rotatable bonds is 7. The molecule has 2 fully saturated rings. The number of fused-ring (bicyclic) bond motifs is 3. The number of allylic oxidation sites excluding steroid dienone is 2. The molecule has 3 aliphatic rings. The minimum atomic E-state index is -1.69. The van der Waals surface area contributed by atoms with Crippen LogP contribution in [-0.2, 0) is 14.3 Å². The molecular formula is C32H31BN2O6. The molecule has 0 saturated carbocycles. The Morgan fingerprint density at radius 1 is 1.05 bits per heavy atom. The van der Waals surface area contributed by atoms with Crippen LogP contribution in [0.25, 0.3) is 11.6 Å². The van der Waals surface area contributed by atoms with E-state index in [4.69, 9.17) is 4.74 Å². The number of nitrogens with zero attached hydrogens (tertiary/aromatic N) is 2. The number of pyridine rings is 1. The summed E-state index contributed by atoms with van der Waals surface area (Å²) >= 11 is 0. The van der Waals surface area contributed by atoms with E-state index in [1.807, 2.05) is 43.3 Å². The Bertz CT molecular complexity index is 1550. The minimum Gasteiger partial charge on any atom is -0.507 e. The lowest BCUT2D eigenvalue weighted by atomic mass is 9.70. The average Bonchev–Trinajstić information content (AvgIpc) is 3.51. The van der Waals surface area contributed by atoms with Crippen molar-refractivity contribution in [2.24, 2.45) is 17.8 Å². The molecule has 0 spiro atoms. The van der Waals surface area contributed by atoms with Gasteiger partial charge in [0, 0.05) is 17.7 Å². The number of aromatic hydroxyl groups is 1. The zero-order valence-electron chi connectivity index (χ0n) is 22.7. The fourth-order valence-corrected chi connectivity index (χ4v) is 6.62. The lowest BCUT2D eigenvalue weighted by Gasteiger charge is -2.30. The maximum absolute atomic E-state index is 13.7. The van der Waals surface area contributed by atoms with Gasteiger partial charge in [-0.2, -0.15) is 0 Å². The van der Waals surface area contributed by atoms with E-state index in [-0.39, 0.29) is 35.0 Å². The zero-order valence-corrected chi connectivity index (χ0v) is 22.7. The summed E-state index contributed by atoms with van der Waals surface area (Å²) in [6.07, 6.45) is 5.30. The standard InChI is InChI=1S/C32H31BN2O6/c1-19-15-24-30(32(38)35(31(24)37)23-9-6-8-22(17-23)33(39)40)25-18-41-28(29(19)25)13-12-20(26-10-4-5-14-34-26)16-21-7-2-3-11-27(21)36/h2-11,14,16-17,24-25,28,30,36,39-40H,12-13,15,18H2,1H3/b20-16-/t24-,25+,28-,30-/m1/s1. The molecule has 9 heteroatoms. The molecule has 2 saturated heterocycles. The van der Waals surface area contributed by atoms with Crippen molar-refractivity contribution in [1.29, 1.82) is 0 Å². The predicted octanol–water partition coefficient (Wildman–Crippen LogP) is 3.33. The lowest BCUT2D eigenvalue weighted by molar-refractivity contribution is -0.122. The molecular weight excluding hydrogens is 519 g/mol. The number of benzene rings is 2. The second kappa shape index (κ2) is 11.1. The first-order chi connectivity index (χ1) is 19.8. The number of para-hydroxylation sites is 1. The molecule has 0 radical (unpaired) electrons. The van der Waals surface area contributed by atoms with Gasteiger partial charge in [0.1, 0.15) is 5.75 Å². The summed E-state index contributed by atoms with van der Waals surface area (Å²) in [5, 5.41) is 29.6. The van der Waals surface area contributed by atoms with Gasteiger partial charge in [0.2, 0.25) is 11.8 Å². The van der Waals surface area contributed by atoms with Crippen molar-refractivity contribution < 1.29 is 29.5 Å². The largest absolute Gasteiger partial charge is 0.507 e. The summed E-state index contributed by atoms with van der Waals surface area (Å²) in [4.78, 5) is 33.0. The highest BCUT2D eigenvalue weighted by atomic mass is 16.5. The van der Waals surface area contributed by atoms with Gasteiger partial charge in [0.05, 0.1) is 35.9 Å². The van der Waals surface area contributed by atoms with Crippen molar-refractivity contribution in [2.45, 2.75) is 32.3 Å². The van der Waals surface area contributed by atoms with Crippen molar-refractivity contribution in [3.05, 3.63) is 95.3 Å². The van der Waals surface area contributed by atoms with Gasteiger partial charge < -0.3 is 19.9 Å². The van der Waals surface area contributed by atoms with Gasteiger partial charge in [-0.1, -0.05) is 42.0 Å². The number of aromatic nitrogens is 1. The van der Waals surface area contributed by atoms with Crippen LogP contribution in [0.4, 0.5) is 5.69 Å². The zero-order chi connectivity index (χ0) is 28.7. The third kappa shape index (κ3) is 5.01. The Hall–Kier alpha value is -4.05. The highest BCUT2D eigenvalue weighted by Gasteiger charge is 2.56. The van der Waals surface area contributed by atoms with E-state index in [1.54, 1.807) is 30.5 Å². The second-order valence-electron chi connectivity index (χ2n) is 11.0.